The molecular weight excluding hydrogens is 281 g/mol. The summed E-state index contributed by atoms with van der Waals surface area (Å²) in [7, 11) is 0. The summed E-state index contributed by atoms with van der Waals surface area (Å²) in [6.07, 6.45) is 5.29. The Morgan fingerprint density at radius 3 is 2.58 bits per heavy atom. The van der Waals surface area contributed by atoms with Gasteiger partial charge in [0.15, 0.2) is 0 Å². The lowest BCUT2D eigenvalue weighted by Crippen LogP contribution is -1.82. The highest BCUT2D eigenvalue weighted by Crippen LogP contribution is 2.28. The molecule has 0 bridgehead atoms. The van der Waals surface area contributed by atoms with Crippen molar-refractivity contribution in [3.8, 4) is 22.6 Å². The van der Waals surface area contributed by atoms with E-state index < -0.39 is 0 Å². The Morgan fingerprint density at radius 1 is 0.947 bits per heavy atom. The Hall–Kier alpha value is -1.84. The molecule has 0 aliphatic carbocycles. The molecule has 5 heteroatoms. The largest absolute Gasteiger partial charge is 0.338 e. The lowest BCUT2D eigenvalue weighted by Gasteiger charge is -2.00. The molecule has 19 heavy (non-hydrogen) atoms. The summed E-state index contributed by atoms with van der Waals surface area (Å²) < 4.78 is 0. The average molecular weight is 290 g/mol. The second kappa shape index (κ2) is 5.03. The zero-order valence-corrected chi connectivity index (χ0v) is 11.3. The normalized spacial score (nSPS) is 10.6. The average Bonchev–Trinajstić information content (AvgIpc) is 2.93. The summed E-state index contributed by atoms with van der Waals surface area (Å²) >= 11 is 11.9. The van der Waals surface area contributed by atoms with Gasteiger partial charge in [-0.05, 0) is 30.3 Å². The molecule has 3 nitrogen and oxygen atoms in total. The topological polar surface area (TPSA) is 41.6 Å². The monoisotopic (exact) mass is 289 g/mol. The predicted molar refractivity (Wildman–Crippen MR) is 77.3 cm³/mol. The van der Waals surface area contributed by atoms with Crippen molar-refractivity contribution >= 4 is 23.2 Å². The van der Waals surface area contributed by atoms with E-state index in [2.05, 4.69) is 15.0 Å². The van der Waals surface area contributed by atoms with Crippen LogP contribution in [0.15, 0.2) is 48.9 Å². The summed E-state index contributed by atoms with van der Waals surface area (Å²) in [6.45, 7) is 0. The van der Waals surface area contributed by atoms with Gasteiger partial charge in [-0.15, -0.1) is 0 Å². The molecular formula is C14H9Cl2N3. The molecule has 0 saturated carbocycles. The molecule has 0 unspecified atom stereocenters. The van der Waals surface area contributed by atoms with Crippen molar-refractivity contribution in [3.05, 3.63) is 59.0 Å². The molecule has 0 aliphatic rings. The summed E-state index contributed by atoms with van der Waals surface area (Å²) in [6, 6.07) is 9.27. The van der Waals surface area contributed by atoms with Gasteiger partial charge in [0, 0.05) is 23.5 Å². The highest BCUT2D eigenvalue weighted by atomic mass is 35.5. The number of hydrogen-bond donors (Lipinski definition) is 1. The SMILES string of the molecule is Clc1ccc(-c2ncc(-c3cccnc3)[nH]2)cc1Cl. The number of aromatic amines is 1. The Bertz CT molecular complexity index is 708. The van der Waals surface area contributed by atoms with E-state index >= 15 is 0 Å². The minimum Gasteiger partial charge on any atom is -0.338 e. The summed E-state index contributed by atoms with van der Waals surface area (Å²) in [5.41, 5.74) is 2.79. The zero-order chi connectivity index (χ0) is 13.2. The maximum atomic E-state index is 6.00. The van der Waals surface area contributed by atoms with Crippen LogP contribution in [0.25, 0.3) is 22.6 Å². The smallest absolute Gasteiger partial charge is 0.137 e. The number of aromatic nitrogens is 3. The summed E-state index contributed by atoms with van der Waals surface area (Å²) in [4.78, 5) is 11.7. The van der Waals surface area contributed by atoms with Crippen LogP contribution in [0.4, 0.5) is 0 Å². The fourth-order valence-electron chi connectivity index (χ4n) is 1.78. The van der Waals surface area contributed by atoms with Crippen molar-refractivity contribution < 1.29 is 0 Å². The first-order valence-corrected chi connectivity index (χ1v) is 6.40. The first-order valence-electron chi connectivity index (χ1n) is 5.65. The summed E-state index contributed by atoms with van der Waals surface area (Å²) in [5.74, 6) is 0.748. The fourth-order valence-corrected chi connectivity index (χ4v) is 2.08. The van der Waals surface area contributed by atoms with Gasteiger partial charge in [-0.25, -0.2) is 4.98 Å². The molecule has 0 spiro atoms. The highest BCUT2D eigenvalue weighted by molar-refractivity contribution is 6.42. The van der Waals surface area contributed by atoms with Gasteiger partial charge in [0.05, 0.1) is 21.9 Å². The number of H-pyrrole nitrogens is 1. The van der Waals surface area contributed by atoms with Crippen LogP contribution in [-0.2, 0) is 0 Å². The van der Waals surface area contributed by atoms with Crippen molar-refractivity contribution in [2.75, 3.05) is 0 Å². The maximum absolute atomic E-state index is 6.00. The van der Waals surface area contributed by atoms with Gasteiger partial charge in [0.1, 0.15) is 5.82 Å². The molecule has 0 saturated heterocycles. The van der Waals surface area contributed by atoms with Gasteiger partial charge < -0.3 is 4.98 Å². The van der Waals surface area contributed by atoms with Crippen molar-refractivity contribution in [1.82, 2.24) is 15.0 Å². The number of benzene rings is 1. The number of halogens is 2. The highest BCUT2D eigenvalue weighted by Gasteiger charge is 2.07. The van der Waals surface area contributed by atoms with Crippen LogP contribution in [0.2, 0.25) is 10.0 Å². The van der Waals surface area contributed by atoms with E-state index in [1.54, 1.807) is 30.7 Å². The molecule has 2 heterocycles. The molecule has 1 N–H and O–H groups in total. The third kappa shape index (κ3) is 2.48. The minimum atomic E-state index is 0.512. The van der Waals surface area contributed by atoms with Crippen LogP contribution < -0.4 is 0 Å². The Balaban J connectivity index is 1.99. The number of pyridine rings is 1. The van der Waals surface area contributed by atoms with E-state index in [0.29, 0.717) is 10.0 Å². The maximum Gasteiger partial charge on any atom is 0.137 e. The molecule has 3 aromatic rings. The number of hydrogen-bond acceptors (Lipinski definition) is 2. The van der Waals surface area contributed by atoms with Crippen LogP contribution >= 0.6 is 23.2 Å². The molecule has 0 fully saturated rings. The number of nitrogens with zero attached hydrogens (tertiary/aromatic N) is 2. The third-order valence-electron chi connectivity index (χ3n) is 2.74. The van der Waals surface area contributed by atoms with Gasteiger partial charge in [-0.1, -0.05) is 23.2 Å². The van der Waals surface area contributed by atoms with Gasteiger partial charge in [0.25, 0.3) is 0 Å². The fraction of sp³-hybridized carbons (Fsp3) is 0. The minimum absolute atomic E-state index is 0.512. The van der Waals surface area contributed by atoms with E-state index in [9.17, 15) is 0 Å². The van der Waals surface area contributed by atoms with Crippen molar-refractivity contribution in [2.45, 2.75) is 0 Å². The van der Waals surface area contributed by atoms with E-state index in [1.807, 2.05) is 18.2 Å². The predicted octanol–water partition coefficient (Wildman–Crippen LogP) is 4.45. The number of imidazole rings is 1. The van der Waals surface area contributed by atoms with Crippen molar-refractivity contribution in [3.63, 3.8) is 0 Å². The Morgan fingerprint density at radius 2 is 1.84 bits per heavy atom. The van der Waals surface area contributed by atoms with Crippen molar-refractivity contribution in [2.24, 2.45) is 0 Å². The zero-order valence-electron chi connectivity index (χ0n) is 9.77. The standard InChI is InChI=1S/C14H9Cl2N3/c15-11-4-3-9(6-12(11)16)14-18-8-13(19-14)10-2-1-5-17-7-10/h1-8H,(H,18,19). The van der Waals surface area contributed by atoms with E-state index in [4.69, 9.17) is 23.2 Å². The van der Waals surface area contributed by atoms with E-state index in [0.717, 1.165) is 22.6 Å². The van der Waals surface area contributed by atoms with Crippen LogP contribution in [0.5, 0.6) is 0 Å². The second-order valence-electron chi connectivity index (χ2n) is 4.02. The lowest BCUT2D eigenvalue weighted by atomic mass is 10.2. The summed E-state index contributed by atoms with van der Waals surface area (Å²) in [5, 5.41) is 1.04. The third-order valence-corrected chi connectivity index (χ3v) is 3.48. The molecule has 94 valence electrons. The van der Waals surface area contributed by atoms with Gasteiger partial charge in [-0.2, -0.15) is 0 Å². The number of nitrogens with one attached hydrogen (secondary N) is 1. The lowest BCUT2D eigenvalue weighted by molar-refractivity contribution is 1.29. The van der Waals surface area contributed by atoms with Crippen LogP contribution in [-0.4, -0.2) is 15.0 Å². The van der Waals surface area contributed by atoms with Crippen LogP contribution in [0.3, 0.4) is 0 Å². The molecule has 0 amide bonds. The first kappa shape index (κ1) is 12.2. The van der Waals surface area contributed by atoms with Gasteiger partial charge >= 0.3 is 0 Å². The molecule has 2 aromatic heterocycles. The Kier molecular flexibility index (Phi) is 3.23. The molecule has 0 radical (unpaired) electrons. The molecule has 3 rings (SSSR count). The number of rotatable bonds is 2. The second-order valence-corrected chi connectivity index (χ2v) is 4.83. The molecule has 1 aromatic carbocycles. The van der Waals surface area contributed by atoms with Gasteiger partial charge in [0.2, 0.25) is 0 Å². The Labute approximate surface area is 120 Å². The first-order chi connectivity index (χ1) is 9.24. The van der Waals surface area contributed by atoms with Crippen LogP contribution in [0, 0.1) is 0 Å². The van der Waals surface area contributed by atoms with Crippen molar-refractivity contribution in [1.29, 1.82) is 0 Å². The van der Waals surface area contributed by atoms with Gasteiger partial charge in [-0.3, -0.25) is 4.98 Å². The quantitative estimate of drug-likeness (QED) is 0.757. The van der Waals surface area contributed by atoms with E-state index in [-0.39, 0.29) is 0 Å². The van der Waals surface area contributed by atoms with Crippen LogP contribution in [0.1, 0.15) is 0 Å². The molecule has 0 atom stereocenters. The molecule has 0 aliphatic heterocycles. The van der Waals surface area contributed by atoms with E-state index in [1.165, 1.54) is 0 Å².